The van der Waals surface area contributed by atoms with Gasteiger partial charge >= 0.3 is 0 Å². The molecular formula is C30H23Cl2N3S2. The van der Waals surface area contributed by atoms with Gasteiger partial charge in [-0.25, -0.2) is 9.97 Å². The Morgan fingerprint density at radius 3 is 1.46 bits per heavy atom. The molecule has 6 aromatic rings. The summed E-state index contributed by atoms with van der Waals surface area (Å²) in [6, 6.07) is 28.5. The smallest absolute Gasteiger partial charge is 0.0722 e. The molecule has 1 N–H and O–H groups in total. The summed E-state index contributed by atoms with van der Waals surface area (Å²) < 4.78 is 0. The Hall–Kier alpha value is -2.54. The SMILES string of the molecule is Clc1ccc2nc3ccccc3c(SCCNCCSc3c4ccccc4nc4ccc(Cl)cc34)c2c1. The third-order valence-electron chi connectivity index (χ3n) is 6.24. The molecule has 0 saturated carbocycles. The zero-order chi connectivity index (χ0) is 25.2. The molecule has 0 aliphatic heterocycles. The van der Waals surface area contributed by atoms with E-state index in [-0.39, 0.29) is 0 Å². The van der Waals surface area contributed by atoms with E-state index in [9.17, 15) is 0 Å². The van der Waals surface area contributed by atoms with E-state index in [0.717, 1.165) is 67.5 Å². The average Bonchev–Trinajstić information content (AvgIpc) is 2.92. The van der Waals surface area contributed by atoms with E-state index in [1.54, 1.807) is 0 Å². The highest BCUT2D eigenvalue weighted by molar-refractivity contribution is 8.00. The number of pyridine rings is 2. The van der Waals surface area contributed by atoms with Gasteiger partial charge in [-0.15, -0.1) is 23.5 Å². The van der Waals surface area contributed by atoms with Gasteiger partial charge in [0.05, 0.1) is 22.1 Å². The Balaban J connectivity index is 1.12. The van der Waals surface area contributed by atoms with E-state index < -0.39 is 0 Å². The number of halogens is 2. The van der Waals surface area contributed by atoms with Crippen LogP contribution in [0, 0.1) is 0 Å². The van der Waals surface area contributed by atoms with Crippen LogP contribution in [0.1, 0.15) is 0 Å². The van der Waals surface area contributed by atoms with Crippen LogP contribution in [0.4, 0.5) is 0 Å². The van der Waals surface area contributed by atoms with Crippen molar-refractivity contribution in [3.63, 3.8) is 0 Å². The van der Waals surface area contributed by atoms with Gasteiger partial charge in [0.1, 0.15) is 0 Å². The van der Waals surface area contributed by atoms with Crippen LogP contribution in [0.25, 0.3) is 43.6 Å². The highest BCUT2D eigenvalue weighted by Crippen LogP contribution is 2.36. The monoisotopic (exact) mass is 559 g/mol. The zero-order valence-corrected chi connectivity index (χ0v) is 23.0. The van der Waals surface area contributed by atoms with Crippen molar-refractivity contribution in [2.75, 3.05) is 24.6 Å². The summed E-state index contributed by atoms with van der Waals surface area (Å²) >= 11 is 16.4. The Morgan fingerprint density at radius 2 is 0.973 bits per heavy atom. The first-order valence-electron chi connectivity index (χ1n) is 12.1. The van der Waals surface area contributed by atoms with E-state index >= 15 is 0 Å². The number of nitrogens with zero attached hydrogens (tertiary/aromatic N) is 2. The molecule has 0 aliphatic rings. The van der Waals surface area contributed by atoms with Gasteiger partial charge in [0.25, 0.3) is 0 Å². The summed E-state index contributed by atoms with van der Waals surface area (Å²) in [5.74, 6) is 1.91. The first-order chi connectivity index (χ1) is 18.2. The maximum Gasteiger partial charge on any atom is 0.0722 e. The van der Waals surface area contributed by atoms with Gasteiger partial charge in [-0.05, 0) is 48.5 Å². The topological polar surface area (TPSA) is 37.8 Å². The minimum Gasteiger partial charge on any atom is -0.315 e. The second-order valence-electron chi connectivity index (χ2n) is 8.69. The van der Waals surface area contributed by atoms with E-state index in [2.05, 4.69) is 41.7 Å². The second kappa shape index (κ2) is 11.1. The van der Waals surface area contributed by atoms with Gasteiger partial charge in [-0.1, -0.05) is 59.6 Å². The van der Waals surface area contributed by atoms with Crippen LogP contribution in [-0.2, 0) is 0 Å². The van der Waals surface area contributed by atoms with Crippen LogP contribution in [0.2, 0.25) is 10.0 Å². The molecule has 0 bridgehead atoms. The molecule has 0 amide bonds. The molecule has 0 spiro atoms. The lowest BCUT2D eigenvalue weighted by atomic mass is 10.1. The van der Waals surface area contributed by atoms with Crippen LogP contribution in [-0.4, -0.2) is 34.6 Å². The first-order valence-corrected chi connectivity index (χ1v) is 14.8. The molecule has 2 aromatic heterocycles. The molecule has 184 valence electrons. The van der Waals surface area contributed by atoms with Crippen LogP contribution in [0.15, 0.2) is 94.7 Å². The molecule has 3 nitrogen and oxygen atoms in total. The molecule has 0 atom stereocenters. The standard InChI is InChI=1S/C30H23Cl2N3S2/c31-19-9-11-27-23(17-19)29(21-5-1-3-7-25(21)34-27)36-15-13-33-14-16-37-30-22-6-2-4-8-26(22)35-28-12-10-20(32)18-24(28)30/h1-12,17-18,33H,13-16H2. The minimum atomic E-state index is 0.735. The number of rotatable bonds is 8. The van der Waals surface area contributed by atoms with Crippen LogP contribution in [0.5, 0.6) is 0 Å². The van der Waals surface area contributed by atoms with Crippen molar-refractivity contribution in [3.05, 3.63) is 95.0 Å². The number of hydrogen-bond donors (Lipinski definition) is 1. The van der Waals surface area contributed by atoms with Gasteiger partial charge in [-0.2, -0.15) is 0 Å². The fourth-order valence-electron chi connectivity index (χ4n) is 4.54. The van der Waals surface area contributed by atoms with Crippen molar-refractivity contribution in [2.24, 2.45) is 0 Å². The largest absolute Gasteiger partial charge is 0.315 e. The summed E-state index contributed by atoms with van der Waals surface area (Å²) in [5, 5.41) is 9.66. The van der Waals surface area contributed by atoms with Crippen LogP contribution in [0.3, 0.4) is 0 Å². The van der Waals surface area contributed by atoms with Gasteiger partial charge < -0.3 is 5.32 Å². The molecule has 0 fully saturated rings. The lowest BCUT2D eigenvalue weighted by Gasteiger charge is -2.12. The van der Waals surface area contributed by atoms with Crippen LogP contribution >= 0.6 is 46.7 Å². The van der Waals surface area contributed by atoms with Crippen molar-refractivity contribution in [1.82, 2.24) is 15.3 Å². The summed E-state index contributed by atoms with van der Waals surface area (Å²) in [6.45, 7) is 1.82. The molecule has 2 heterocycles. The normalized spacial score (nSPS) is 11.7. The molecule has 0 unspecified atom stereocenters. The molecular weight excluding hydrogens is 537 g/mol. The molecule has 4 aromatic carbocycles. The summed E-state index contributed by atoms with van der Waals surface area (Å²) in [5.41, 5.74) is 3.99. The van der Waals surface area contributed by atoms with Crippen molar-refractivity contribution >= 4 is 90.3 Å². The number of para-hydroxylation sites is 2. The summed E-state index contributed by atoms with van der Waals surface area (Å²) in [6.07, 6.45) is 0. The van der Waals surface area contributed by atoms with Crippen LogP contribution < -0.4 is 5.32 Å². The number of benzene rings is 4. The maximum atomic E-state index is 6.33. The van der Waals surface area contributed by atoms with Crippen molar-refractivity contribution in [1.29, 1.82) is 0 Å². The lowest BCUT2D eigenvalue weighted by Crippen LogP contribution is -2.20. The predicted octanol–water partition coefficient (Wildman–Crippen LogP) is 8.87. The van der Waals surface area contributed by atoms with Gasteiger partial charge in [0, 0.05) is 66.0 Å². The number of aromatic nitrogens is 2. The number of thioether (sulfide) groups is 2. The van der Waals surface area contributed by atoms with Gasteiger partial charge in [-0.3, -0.25) is 0 Å². The number of hydrogen-bond acceptors (Lipinski definition) is 5. The Labute approximate surface area is 234 Å². The minimum absolute atomic E-state index is 0.735. The highest BCUT2D eigenvalue weighted by atomic mass is 35.5. The van der Waals surface area contributed by atoms with Gasteiger partial charge in [0.2, 0.25) is 0 Å². The van der Waals surface area contributed by atoms with Crippen molar-refractivity contribution < 1.29 is 0 Å². The molecule has 7 heteroatoms. The van der Waals surface area contributed by atoms with E-state index in [1.165, 1.54) is 20.6 Å². The van der Waals surface area contributed by atoms with E-state index in [0.29, 0.717) is 0 Å². The molecule has 6 rings (SSSR count). The third-order valence-corrected chi connectivity index (χ3v) is 8.98. The van der Waals surface area contributed by atoms with E-state index in [4.69, 9.17) is 33.2 Å². The predicted molar refractivity (Wildman–Crippen MR) is 163 cm³/mol. The van der Waals surface area contributed by atoms with Gasteiger partial charge in [0.15, 0.2) is 0 Å². The highest BCUT2D eigenvalue weighted by Gasteiger charge is 2.12. The third kappa shape index (κ3) is 5.25. The number of fused-ring (bicyclic) bond motifs is 4. The second-order valence-corrected chi connectivity index (χ2v) is 11.8. The summed E-state index contributed by atoms with van der Waals surface area (Å²) in [4.78, 5) is 12.1. The van der Waals surface area contributed by atoms with Crippen molar-refractivity contribution in [3.8, 4) is 0 Å². The van der Waals surface area contributed by atoms with Crippen molar-refractivity contribution in [2.45, 2.75) is 9.79 Å². The fourth-order valence-corrected chi connectivity index (χ4v) is 7.08. The molecule has 0 radical (unpaired) electrons. The Bertz CT molecular complexity index is 1630. The Morgan fingerprint density at radius 1 is 0.541 bits per heavy atom. The summed E-state index contributed by atoms with van der Waals surface area (Å²) in [7, 11) is 0. The maximum absolute atomic E-state index is 6.33. The van der Waals surface area contributed by atoms with E-state index in [1.807, 2.05) is 72.1 Å². The molecule has 0 aliphatic carbocycles. The zero-order valence-electron chi connectivity index (χ0n) is 19.9. The fraction of sp³-hybridized carbons (Fsp3) is 0.133. The molecule has 0 saturated heterocycles. The average molecular weight is 561 g/mol. The number of nitrogens with one attached hydrogen (secondary N) is 1. The quantitative estimate of drug-likeness (QED) is 0.114. The first kappa shape index (κ1) is 24.8. The lowest BCUT2D eigenvalue weighted by molar-refractivity contribution is 0.774. The Kier molecular flexibility index (Phi) is 7.41. The molecule has 37 heavy (non-hydrogen) atoms.